The summed E-state index contributed by atoms with van der Waals surface area (Å²) in [6.07, 6.45) is 3.41. The number of nitrogens with zero attached hydrogens (tertiary/aromatic N) is 1. The summed E-state index contributed by atoms with van der Waals surface area (Å²) < 4.78 is 13.0. The minimum Gasteiger partial charge on any atom is -0.347 e. The van der Waals surface area contributed by atoms with E-state index in [-0.39, 0.29) is 11.9 Å². The molecule has 2 aromatic rings. The van der Waals surface area contributed by atoms with Crippen molar-refractivity contribution in [3.63, 3.8) is 0 Å². The van der Waals surface area contributed by atoms with Gasteiger partial charge in [0.15, 0.2) is 0 Å². The van der Waals surface area contributed by atoms with Crippen LogP contribution in [-0.2, 0) is 6.54 Å². The Hall–Kier alpha value is -1.68. The van der Waals surface area contributed by atoms with Crippen molar-refractivity contribution >= 4 is 0 Å². The van der Waals surface area contributed by atoms with Gasteiger partial charge in [0.1, 0.15) is 5.82 Å². The number of aromatic nitrogens is 2. The minimum atomic E-state index is -0.201. The van der Waals surface area contributed by atoms with E-state index in [1.54, 1.807) is 24.7 Å². The first-order chi connectivity index (χ1) is 7.75. The second-order valence-corrected chi connectivity index (χ2v) is 3.73. The highest BCUT2D eigenvalue weighted by Crippen LogP contribution is 2.13. The molecule has 0 bridgehead atoms. The van der Waals surface area contributed by atoms with E-state index in [2.05, 4.69) is 15.3 Å². The van der Waals surface area contributed by atoms with Crippen LogP contribution in [0.1, 0.15) is 24.2 Å². The Balaban J connectivity index is 1.95. The summed E-state index contributed by atoms with van der Waals surface area (Å²) in [4.78, 5) is 6.94. The number of hydrogen-bond donors (Lipinski definition) is 2. The molecule has 1 aromatic heterocycles. The van der Waals surface area contributed by atoms with Crippen molar-refractivity contribution in [1.82, 2.24) is 15.3 Å². The average Bonchev–Trinajstić information content (AvgIpc) is 2.78. The van der Waals surface area contributed by atoms with Gasteiger partial charge in [-0.05, 0) is 24.6 Å². The Labute approximate surface area is 93.7 Å². The van der Waals surface area contributed by atoms with Gasteiger partial charge in [0.2, 0.25) is 0 Å². The fraction of sp³-hybridized carbons (Fsp3) is 0.250. The molecular formula is C12H14FN3. The third-order valence-corrected chi connectivity index (χ3v) is 2.50. The van der Waals surface area contributed by atoms with Gasteiger partial charge in [0.05, 0.1) is 6.33 Å². The second kappa shape index (κ2) is 4.90. The summed E-state index contributed by atoms with van der Waals surface area (Å²) in [5.41, 5.74) is 1.96. The van der Waals surface area contributed by atoms with E-state index in [4.69, 9.17) is 0 Å². The molecule has 2 rings (SSSR count). The molecule has 2 N–H and O–H groups in total. The number of halogens is 1. The van der Waals surface area contributed by atoms with Gasteiger partial charge in [-0.25, -0.2) is 9.37 Å². The van der Waals surface area contributed by atoms with Crippen LogP contribution in [0.4, 0.5) is 4.39 Å². The molecule has 0 aliphatic carbocycles. The van der Waals surface area contributed by atoms with E-state index in [0.717, 1.165) is 11.3 Å². The summed E-state index contributed by atoms with van der Waals surface area (Å²) in [6, 6.07) is 6.74. The maximum atomic E-state index is 13.0. The van der Waals surface area contributed by atoms with E-state index in [1.807, 2.05) is 13.0 Å². The number of hydrogen-bond acceptors (Lipinski definition) is 2. The number of imidazole rings is 1. The van der Waals surface area contributed by atoms with Crippen LogP contribution < -0.4 is 5.32 Å². The number of benzene rings is 1. The van der Waals surface area contributed by atoms with Crippen LogP contribution in [0.2, 0.25) is 0 Å². The maximum absolute atomic E-state index is 13.0. The van der Waals surface area contributed by atoms with E-state index in [9.17, 15) is 4.39 Å². The van der Waals surface area contributed by atoms with Crippen LogP contribution in [0.5, 0.6) is 0 Å². The molecule has 3 nitrogen and oxygen atoms in total. The van der Waals surface area contributed by atoms with Gasteiger partial charge in [-0.2, -0.15) is 0 Å². The molecule has 1 heterocycles. The maximum Gasteiger partial charge on any atom is 0.123 e. The zero-order chi connectivity index (χ0) is 11.4. The lowest BCUT2D eigenvalue weighted by Crippen LogP contribution is -2.18. The summed E-state index contributed by atoms with van der Waals surface area (Å²) in [5, 5.41) is 3.29. The summed E-state index contributed by atoms with van der Waals surface area (Å²) in [5.74, 6) is -0.201. The zero-order valence-electron chi connectivity index (χ0n) is 9.07. The van der Waals surface area contributed by atoms with Crippen molar-refractivity contribution in [3.05, 3.63) is 53.9 Å². The first-order valence-corrected chi connectivity index (χ1v) is 5.22. The van der Waals surface area contributed by atoms with Crippen molar-refractivity contribution in [2.75, 3.05) is 0 Å². The first-order valence-electron chi connectivity index (χ1n) is 5.22. The van der Waals surface area contributed by atoms with E-state index < -0.39 is 0 Å². The zero-order valence-corrected chi connectivity index (χ0v) is 9.07. The highest BCUT2D eigenvalue weighted by Gasteiger charge is 2.05. The molecule has 0 fully saturated rings. The lowest BCUT2D eigenvalue weighted by Gasteiger charge is -2.13. The molecule has 0 radical (unpaired) electrons. The average molecular weight is 219 g/mol. The lowest BCUT2D eigenvalue weighted by molar-refractivity contribution is 0.560. The van der Waals surface area contributed by atoms with Gasteiger partial charge in [-0.3, -0.25) is 0 Å². The molecular weight excluding hydrogens is 205 g/mol. The molecule has 0 aliphatic rings. The Bertz CT molecular complexity index is 439. The number of rotatable bonds is 4. The fourth-order valence-electron chi connectivity index (χ4n) is 1.54. The number of nitrogens with one attached hydrogen (secondary N) is 2. The largest absolute Gasteiger partial charge is 0.347 e. The van der Waals surface area contributed by atoms with Crippen LogP contribution in [0.3, 0.4) is 0 Å². The molecule has 1 aromatic carbocycles. The second-order valence-electron chi connectivity index (χ2n) is 3.73. The van der Waals surface area contributed by atoms with E-state index >= 15 is 0 Å². The predicted molar refractivity (Wildman–Crippen MR) is 60.2 cm³/mol. The summed E-state index contributed by atoms with van der Waals surface area (Å²) in [7, 11) is 0. The SMILES string of the molecule is C[C@@H](NCc1cnc[nH]1)c1cccc(F)c1. The van der Waals surface area contributed by atoms with Gasteiger partial charge < -0.3 is 10.3 Å². The van der Waals surface area contributed by atoms with Gasteiger partial charge >= 0.3 is 0 Å². The highest BCUT2D eigenvalue weighted by atomic mass is 19.1. The van der Waals surface area contributed by atoms with Crippen LogP contribution in [0, 0.1) is 5.82 Å². The van der Waals surface area contributed by atoms with Crippen LogP contribution in [0.25, 0.3) is 0 Å². The van der Waals surface area contributed by atoms with E-state index in [1.165, 1.54) is 6.07 Å². The third-order valence-electron chi connectivity index (χ3n) is 2.50. The quantitative estimate of drug-likeness (QED) is 0.829. The Morgan fingerprint density at radius 3 is 3.06 bits per heavy atom. The van der Waals surface area contributed by atoms with Crippen LogP contribution in [0.15, 0.2) is 36.8 Å². The van der Waals surface area contributed by atoms with Crippen molar-refractivity contribution in [2.45, 2.75) is 19.5 Å². The van der Waals surface area contributed by atoms with Gasteiger partial charge in [0.25, 0.3) is 0 Å². The van der Waals surface area contributed by atoms with E-state index in [0.29, 0.717) is 6.54 Å². The molecule has 4 heteroatoms. The van der Waals surface area contributed by atoms with Gasteiger partial charge in [-0.15, -0.1) is 0 Å². The Morgan fingerprint density at radius 1 is 1.50 bits per heavy atom. The van der Waals surface area contributed by atoms with Crippen molar-refractivity contribution in [2.24, 2.45) is 0 Å². The topological polar surface area (TPSA) is 40.7 Å². The first kappa shape index (κ1) is 10.8. The lowest BCUT2D eigenvalue weighted by atomic mass is 10.1. The van der Waals surface area contributed by atoms with Crippen molar-refractivity contribution < 1.29 is 4.39 Å². The molecule has 0 unspecified atom stereocenters. The molecule has 1 atom stereocenters. The molecule has 84 valence electrons. The highest BCUT2D eigenvalue weighted by molar-refractivity contribution is 5.19. The standard InChI is InChI=1S/C12H14FN3/c1-9(10-3-2-4-11(13)5-10)15-7-12-6-14-8-16-12/h2-6,8-9,15H,7H2,1H3,(H,14,16)/t9-/m1/s1. The molecule has 16 heavy (non-hydrogen) atoms. The third kappa shape index (κ3) is 2.67. The molecule has 0 spiro atoms. The van der Waals surface area contributed by atoms with Crippen molar-refractivity contribution in [1.29, 1.82) is 0 Å². The Kier molecular flexibility index (Phi) is 3.31. The van der Waals surface area contributed by atoms with Crippen LogP contribution >= 0.6 is 0 Å². The molecule has 0 saturated heterocycles. The number of H-pyrrole nitrogens is 1. The fourth-order valence-corrected chi connectivity index (χ4v) is 1.54. The van der Waals surface area contributed by atoms with Gasteiger partial charge in [0, 0.05) is 24.5 Å². The Morgan fingerprint density at radius 2 is 2.38 bits per heavy atom. The van der Waals surface area contributed by atoms with Crippen molar-refractivity contribution in [3.8, 4) is 0 Å². The van der Waals surface area contributed by atoms with Crippen LogP contribution in [-0.4, -0.2) is 9.97 Å². The predicted octanol–water partition coefficient (Wildman–Crippen LogP) is 2.40. The van der Waals surface area contributed by atoms with Gasteiger partial charge in [-0.1, -0.05) is 12.1 Å². The minimum absolute atomic E-state index is 0.110. The molecule has 0 aliphatic heterocycles. The molecule has 0 saturated carbocycles. The summed E-state index contributed by atoms with van der Waals surface area (Å²) >= 11 is 0. The monoisotopic (exact) mass is 219 g/mol. The number of aromatic amines is 1. The molecule has 0 amide bonds. The normalized spacial score (nSPS) is 12.6. The summed E-state index contributed by atoms with van der Waals surface area (Å²) in [6.45, 7) is 2.70. The smallest absolute Gasteiger partial charge is 0.123 e.